The van der Waals surface area contributed by atoms with E-state index in [2.05, 4.69) is 22.0 Å². The highest BCUT2D eigenvalue weighted by Crippen LogP contribution is 2.31. The standard InChI is InChI=1S/C20H27N3O4S/c1-23-11-9-15(10-12-23)21-16-5-4-6-18(13-16)28(24,25)22-19-8-7-17(26-2)14-20(19)27-3/h4-8,13-15,21-22H,9-12H2,1-3H3. The second-order valence-electron chi connectivity index (χ2n) is 6.92. The predicted molar refractivity (Wildman–Crippen MR) is 111 cm³/mol. The van der Waals surface area contributed by atoms with Crippen molar-refractivity contribution in [2.45, 2.75) is 23.8 Å². The smallest absolute Gasteiger partial charge is 0.262 e. The van der Waals surface area contributed by atoms with Gasteiger partial charge in [0.2, 0.25) is 0 Å². The Balaban J connectivity index is 1.77. The maximum absolute atomic E-state index is 12.9. The van der Waals surface area contributed by atoms with E-state index < -0.39 is 10.0 Å². The van der Waals surface area contributed by atoms with E-state index in [4.69, 9.17) is 9.47 Å². The number of hydrogen-bond acceptors (Lipinski definition) is 6. The van der Waals surface area contributed by atoms with Crippen LogP contribution in [0.15, 0.2) is 47.4 Å². The highest BCUT2D eigenvalue weighted by atomic mass is 32.2. The first-order valence-corrected chi connectivity index (χ1v) is 10.7. The minimum absolute atomic E-state index is 0.197. The summed E-state index contributed by atoms with van der Waals surface area (Å²) in [4.78, 5) is 2.49. The Labute approximate surface area is 166 Å². The molecule has 0 aromatic heterocycles. The number of piperidine rings is 1. The lowest BCUT2D eigenvalue weighted by molar-refractivity contribution is 0.264. The van der Waals surface area contributed by atoms with Crippen molar-refractivity contribution in [3.8, 4) is 11.5 Å². The molecule has 0 bridgehead atoms. The zero-order valence-corrected chi connectivity index (χ0v) is 17.3. The summed E-state index contributed by atoms with van der Waals surface area (Å²) >= 11 is 0. The van der Waals surface area contributed by atoms with Crippen LogP contribution in [0.25, 0.3) is 0 Å². The fourth-order valence-corrected chi connectivity index (χ4v) is 4.34. The summed E-state index contributed by atoms with van der Waals surface area (Å²) in [7, 11) is 1.38. The van der Waals surface area contributed by atoms with Crippen molar-refractivity contribution in [3.05, 3.63) is 42.5 Å². The summed E-state index contributed by atoms with van der Waals surface area (Å²) in [6, 6.07) is 12.2. The zero-order chi connectivity index (χ0) is 20.1. The van der Waals surface area contributed by atoms with Crippen molar-refractivity contribution < 1.29 is 17.9 Å². The molecule has 1 heterocycles. The Hall–Kier alpha value is -2.45. The van der Waals surface area contributed by atoms with Crippen LogP contribution in [0.2, 0.25) is 0 Å². The molecule has 7 nitrogen and oxygen atoms in total. The van der Waals surface area contributed by atoms with Crippen molar-refractivity contribution in [2.24, 2.45) is 0 Å². The SMILES string of the molecule is COc1ccc(NS(=O)(=O)c2cccc(NC3CCN(C)CC3)c2)c(OC)c1. The third kappa shape index (κ3) is 4.88. The van der Waals surface area contributed by atoms with E-state index in [9.17, 15) is 8.42 Å². The normalized spacial score (nSPS) is 15.8. The van der Waals surface area contributed by atoms with E-state index in [0.717, 1.165) is 31.6 Å². The summed E-state index contributed by atoms with van der Waals surface area (Å²) in [6.45, 7) is 2.07. The minimum Gasteiger partial charge on any atom is -0.497 e. The van der Waals surface area contributed by atoms with Gasteiger partial charge in [0.1, 0.15) is 11.5 Å². The fourth-order valence-electron chi connectivity index (χ4n) is 3.23. The Morgan fingerprint density at radius 2 is 1.79 bits per heavy atom. The van der Waals surface area contributed by atoms with Gasteiger partial charge in [-0.1, -0.05) is 6.07 Å². The third-order valence-corrected chi connectivity index (χ3v) is 6.25. The molecule has 1 saturated heterocycles. The van der Waals surface area contributed by atoms with Gasteiger partial charge in [0.05, 0.1) is 24.8 Å². The van der Waals surface area contributed by atoms with Crippen LogP contribution in [0.3, 0.4) is 0 Å². The van der Waals surface area contributed by atoms with Gasteiger partial charge in [0.25, 0.3) is 10.0 Å². The molecule has 2 aromatic carbocycles. The lowest BCUT2D eigenvalue weighted by atomic mass is 10.1. The Morgan fingerprint density at radius 3 is 2.46 bits per heavy atom. The number of ether oxygens (including phenoxy) is 2. The average molecular weight is 406 g/mol. The van der Waals surface area contributed by atoms with Crippen LogP contribution in [-0.4, -0.2) is 53.7 Å². The zero-order valence-electron chi connectivity index (χ0n) is 16.4. The van der Waals surface area contributed by atoms with E-state index in [1.807, 2.05) is 6.07 Å². The van der Waals surface area contributed by atoms with Gasteiger partial charge in [-0.25, -0.2) is 8.42 Å². The number of benzene rings is 2. The molecule has 28 heavy (non-hydrogen) atoms. The molecule has 3 rings (SSSR count). The monoisotopic (exact) mass is 405 g/mol. The quantitative estimate of drug-likeness (QED) is 0.737. The van der Waals surface area contributed by atoms with Gasteiger partial charge in [-0.15, -0.1) is 0 Å². The molecule has 0 aliphatic carbocycles. The molecule has 2 N–H and O–H groups in total. The van der Waals surface area contributed by atoms with Crippen LogP contribution in [0, 0.1) is 0 Å². The van der Waals surface area contributed by atoms with E-state index in [0.29, 0.717) is 23.2 Å². The fraction of sp³-hybridized carbons (Fsp3) is 0.400. The van der Waals surface area contributed by atoms with E-state index in [1.165, 1.54) is 7.11 Å². The molecule has 0 unspecified atom stereocenters. The summed E-state index contributed by atoms with van der Waals surface area (Å²) < 4.78 is 38.8. The van der Waals surface area contributed by atoms with Gasteiger partial charge >= 0.3 is 0 Å². The predicted octanol–water partition coefficient (Wildman–Crippen LogP) is 3.01. The number of likely N-dealkylation sites (tertiary alicyclic amines) is 1. The van der Waals surface area contributed by atoms with Crippen LogP contribution >= 0.6 is 0 Å². The molecule has 8 heteroatoms. The molecule has 0 amide bonds. The highest BCUT2D eigenvalue weighted by molar-refractivity contribution is 7.92. The first-order chi connectivity index (χ1) is 13.4. The maximum atomic E-state index is 12.9. The van der Waals surface area contributed by atoms with Crippen molar-refractivity contribution in [3.63, 3.8) is 0 Å². The van der Waals surface area contributed by atoms with Gasteiger partial charge in [-0.2, -0.15) is 0 Å². The molecule has 1 fully saturated rings. The second-order valence-corrected chi connectivity index (χ2v) is 8.60. The molecule has 1 aliphatic heterocycles. The van der Waals surface area contributed by atoms with Crippen LogP contribution < -0.4 is 19.5 Å². The topological polar surface area (TPSA) is 79.9 Å². The van der Waals surface area contributed by atoms with Gasteiger partial charge in [-0.05, 0) is 63.3 Å². The average Bonchev–Trinajstić information content (AvgIpc) is 2.70. The number of methoxy groups -OCH3 is 2. The Morgan fingerprint density at radius 1 is 1.04 bits per heavy atom. The number of nitrogens with zero attached hydrogens (tertiary/aromatic N) is 1. The number of sulfonamides is 1. The van der Waals surface area contributed by atoms with Gasteiger partial charge < -0.3 is 19.7 Å². The minimum atomic E-state index is -3.76. The Kier molecular flexibility index (Phi) is 6.31. The van der Waals surface area contributed by atoms with Crippen molar-refractivity contribution in [1.82, 2.24) is 4.90 Å². The molecule has 2 aromatic rings. The first-order valence-electron chi connectivity index (χ1n) is 9.21. The summed E-state index contributed by atoms with van der Waals surface area (Å²) in [5.41, 5.74) is 1.16. The Bertz CT molecular complexity index is 909. The van der Waals surface area contributed by atoms with E-state index in [1.54, 1.807) is 43.5 Å². The highest BCUT2D eigenvalue weighted by Gasteiger charge is 2.19. The van der Waals surface area contributed by atoms with Crippen molar-refractivity contribution in [1.29, 1.82) is 0 Å². The summed E-state index contributed by atoms with van der Waals surface area (Å²) in [6.07, 6.45) is 2.07. The summed E-state index contributed by atoms with van der Waals surface area (Å²) in [5.74, 6) is 0.979. The van der Waals surface area contributed by atoms with Gasteiger partial charge in [0, 0.05) is 17.8 Å². The number of rotatable bonds is 7. The molecule has 0 saturated carbocycles. The number of nitrogens with one attached hydrogen (secondary N) is 2. The number of anilines is 2. The van der Waals surface area contributed by atoms with Gasteiger partial charge in [0.15, 0.2) is 0 Å². The summed E-state index contributed by atoms with van der Waals surface area (Å²) in [5, 5.41) is 3.46. The molecular formula is C20H27N3O4S. The molecular weight excluding hydrogens is 378 g/mol. The van der Waals surface area contributed by atoms with Crippen molar-refractivity contribution in [2.75, 3.05) is 44.4 Å². The third-order valence-electron chi connectivity index (χ3n) is 4.89. The molecule has 0 radical (unpaired) electrons. The largest absolute Gasteiger partial charge is 0.497 e. The molecule has 0 spiro atoms. The maximum Gasteiger partial charge on any atom is 0.262 e. The van der Waals surface area contributed by atoms with Crippen LogP contribution in [0.1, 0.15) is 12.8 Å². The van der Waals surface area contributed by atoms with Crippen LogP contribution in [0.4, 0.5) is 11.4 Å². The first kappa shape index (κ1) is 20.3. The lowest BCUT2D eigenvalue weighted by Crippen LogP contribution is -2.36. The van der Waals surface area contributed by atoms with Crippen LogP contribution in [-0.2, 0) is 10.0 Å². The molecule has 1 aliphatic rings. The van der Waals surface area contributed by atoms with Gasteiger partial charge in [-0.3, -0.25) is 4.72 Å². The van der Waals surface area contributed by atoms with E-state index >= 15 is 0 Å². The lowest BCUT2D eigenvalue weighted by Gasteiger charge is -2.30. The van der Waals surface area contributed by atoms with Crippen LogP contribution in [0.5, 0.6) is 11.5 Å². The number of hydrogen-bond donors (Lipinski definition) is 2. The van der Waals surface area contributed by atoms with Crippen molar-refractivity contribution >= 4 is 21.4 Å². The second kappa shape index (κ2) is 8.70. The van der Waals surface area contributed by atoms with E-state index in [-0.39, 0.29) is 4.90 Å². The molecule has 152 valence electrons. The molecule has 0 atom stereocenters.